The fraction of sp³-hybridized carbons (Fsp3) is 0.241. The van der Waals surface area contributed by atoms with Gasteiger partial charge in [-0.25, -0.2) is 9.79 Å². The summed E-state index contributed by atoms with van der Waals surface area (Å²) in [6.45, 7) is 10.9. The summed E-state index contributed by atoms with van der Waals surface area (Å²) in [5, 5.41) is 0. The molecule has 7 nitrogen and oxygen atoms in total. The largest absolute Gasteiger partial charge is 0.458 e. The molecule has 0 bridgehead atoms. The van der Waals surface area contributed by atoms with Crippen LogP contribution in [0.1, 0.15) is 56.3 Å². The Morgan fingerprint density at radius 2 is 1.81 bits per heavy atom. The van der Waals surface area contributed by atoms with Gasteiger partial charge in [0, 0.05) is 6.92 Å². The van der Waals surface area contributed by atoms with Crippen LogP contribution in [0.25, 0.3) is 6.08 Å². The van der Waals surface area contributed by atoms with E-state index in [0.29, 0.717) is 32.3 Å². The highest BCUT2D eigenvalue weighted by Gasteiger charge is 2.33. The highest BCUT2D eigenvalue weighted by molar-refractivity contribution is 7.07. The second kappa shape index (κ2) is 10.9. The van der Waals surface area contributed by atoms with Crippen molar-refractivity contribution in [1.82, 2.24) is 4.57 Å². The van der Waals surface area contributed by atoms with Crippen molar-refractivity contribution >= 4 is 29.4 Å². The van der Waals surface area contributed by atoms with E-state index in [1.54, 1.807) is 31.2 Å². The fourth-order valence-corrected chi connectivity index (χ4v) is 5.17. The van der Waals surface area contributed by atoms with E-state index in [0.717, 1.165) is 5.56 Å². The monoisotopic (exact) mass is 516 g/mol. The molecule has 4 rings (SSSR count). The molecule has 0 saturated carbocycles. The SMILES string of the molecule is C=CCOC(=O)C1=C(C)N=c2s/c(=C\c3ccc(C(C)C)cc3)c(=O)n2[C@@H]1c1ccc(OC(C)=O)cc1. The summed E-state index contributed by atoms with van der Waals surface area (Å²) in [5.74, 6) is -0.237. The van der Waals surface area contributed by atoms with Gasteiger partial charge >= 0.3 is 11.9 Å². The minimum absolute atomic E-state index is 0.0323. The van der Waals surface area contributed by atoms with Crippen LogP contribution in [-0.4, -0.2) is 23.1 Å². The second-order valence-corrected chi connectivity index (χ2v) is 9.96. The molecule has 1 aliphatic heterocycles. The van der Waals surface area contributed by atoms with Crippen LogP contribution in [-0.2, 0) is 14.3 Å². The first kappa shape index (κ1) is 26.0. The Morgan fingerprint density at radius 1 is 1.14 bits per heavy atom. The van der Waals surface area contributed by atoms with Crippen LogP contribution < -0.4 is 19.6 Å². The van der Waals surface area contributed by atoms with Gasteiger partial charge in [0.1, 0.15) is 12.4 Å². The van der Waals surface area contributed by atoms with Crippen LogP contribution in [0, 0.1) is 0 Å². The summed E-state index contributed by atoms with van der Waals surface area (Å²) in [6.07, 6.45) is 3.32. The van der Waals surface area contributed by atoms with Crippen molar-refractivity contribution in [3.63, 3.8) is 0 Å². The molecule has 0 radical (unpaired) electrons. The van der Waals surface area contributed by atoms with Crippen LogP contribution in [0.15, 0.2) is 82.2 Å². The number of benzene rings is 2. The number of fused-ring (bicyclic) bond motifs is 1. The summed E-state index contributed by atoms with van der Waals surface area (Å²) >= 11 is 1.27. The van der Waals surface area contributed by atoms with Crippen molar-refractivity contribution < 1.29 is 19.1 Å². The number of carbonyl (C=O) groups is 2. The molecule has 1 aromatic heterocycles. The summed E-state index contributed by atoms with van der Waals surface area (Å²) < 4.78 is 12.5. The number of allylic oxidation sites excluding steroid dienone is 1. The van der Waals surface area contributed by atoms with E-state index in [9.17, 15) is 14.4 Å². The van der Waals surface area contributed by atoms with E-state index in [-0.39, 0.29) is 17.7 Å². The van der Waals surface area contributed by atoms with Gasteiger partial charge in [0.15, 0.2) is 4.80 Å². The van der Waals surface area contributed by atoms with E-state index in [4.69, 9.17) is 9.47 Å². The summed E-state index contributed by atoms with van der Waals surface area (Å²) in [5.41, 5.74) is 3.25. The third kappa shape index (κ3) is 5.54. The number of hydrogen-bond acceptors (Lipinski definition) is 7. The summed E-state index contributed by atoms with van der Waals surface area (Å²) in [7, 11) is 0. The van der Waals surface area contributed by atoms with E-state index >= 15 is 0 Å². The maximum atomic E-state index is 13.7. The van der Waals surface area contributed by atoms with Gasteiger partial charge in [-0.1, -0.05) is 74.2 Å². The Bertz CT molecular complexity index is 1560. The number of ether oxygens (including phenoxy) is 2. The quantitative estimate of drug-likeness (QED) is 0.269. The van der Waals surface area contributed by atoms with Gasteiger partial charge < -0.3 is 9.47 Å². The fourth-order valence-electron chi connectivity index (χ4n) is 4.12. The molecule has 37 heavy (non-hydrogen) atoms. The Hall–Kier alpha value is -4.04. The molecule has 0 aliphatic carbocycles. The van der Waals surface area contributed by atoms with Crippen LogP contribution in [0.5, 0.6) is 5.75 Å². The maximum absolute atomic E-state index is 13.7. The zero-order chi connectivity index (χ0) is 26.7. The lowest BCUT2D eigenvalue weighted by Crippen LogP contribution is -2.39. The van der Waals surface area contributed by atoms with Gasteiger partial charge in [0.2, 0.25) is 0 Å². The maximum Gasteiger partial charge on any atom is 0.338 e. The van der Waals surface area contributed by atoms with Gasteiger partial charge in [-0.2, -0.15) is 0 Å². The second-order valence-electron chi connectivity index (χ2n) is 8.95. The predicted molar refractivity (Wildman–Crippen MR) is 143 cm³/mol. The number of nitrogens with zero attached hydrogens (tertiary/aromatic N) is 2. The van der Waals surface area contributed by atoms with Gasteiger partial charge in [0.25, 0.3) is 5.56 Å². The molecule has 0 unspecified atom stereocenters. The Balaban J connectivity index is 1.86. The van der Waals surface area contributed by atoms with Crippen LogP contribution >= 0.6 is 11.3 Å². The molecule has 1 atom stereocenters. The van der Waals surface area contributed by atoms with Crippen LogP contribution in [0.2, 0.25) is 0 Å². The number of esters is 2. The first-order valence-electron chi connectivity index (χ1n) is 11.9. The van der Waals surface area contributed by atoms with E-state index in [2.05, 4.69) is 37.6 Å². The Labute approximate surface area is 218 Å². The first-order chi connectivity index (χ1) is 17.7. The minimum atomic E-state index is -0.759. The topological polar surface area (TPSA) is 87.0 Å². The van der Waals surface area contributed by atoms with Crippen molar-refractivity contribution in [3.05, 3.63) is 109 Å². The lowest BCUT2D eigenvalue weighted by Gasteiger charge is -2.24. The van der Waals surface area contributed by atoms with Crippen LogP contribution in [0.3, 0.4) is 0 Å². The lowest BCUT2D eigenvalue weighted by molar-refractivity contribution is -0.138. The first-order valence-corrected chi connectivity index (χ1v) is 12.7. The molecule has 0 N–H and O–H groups in total. The van der Waals surface area contributed by atoms with E-state index in [1.807, 2.05) is 18.2 Å². The van der Waals surface area contributed by atoms with Crippen molar-refractivity contribution in [2.24, 2.45) is 4.99 Å². The number of hydrogen-bond donors (Lipinski definition) is 0. The van der Waals surface area contributed by atoms with E-state index < -0.39 is 18.0 Å². The van der Waals surface area contributed by atoms with Crippen molar-refractivity contribution in [1.29, 1.82) is 0 Å². The average Bonchev–Trinajstić information content (AvgIpc) is 3.16. The van der Waals surface area contributed by atoms with Crippen molar-refractivity contribution in [3.8, 4) is 5.75 Å². The number of rotatable bonds is 7. The van der Waals surface area contributed by atoms with E-state index in [1.165, 1.54) is 34.5 Å². The molecule has 2 heterocycles. The zero-order valence-corrected chi connectivity index (χ0v) is 22.0. The predicted octanol–water partition coefficient (Wildman–Crippen LogP) is 4.01. The molecule has 8 heteroatoms. The zero-order valence-electron chi connectivity index (χ0n) is 21.2. The van der Waals surface area contributed by atoms with Gasteiger partial charge in [0.05, 0.1) is 21.8 Å². The van der Waals surface area contributed by atoms with Gasteiger partial charge in [-0.05, 0) is 47.7 Å². The molecule has 0 spiro atoms. The molecule has 1 aliphatic rings. The number of carbonyl (C=O) groups excluding carboxylic acids is 2. The van der Waals surface area contributed by atoms with Crippen molar-refractivity contribution in [2.75, 3.05) is 6.61 Å². The normalized spacial score (nSPS) is 15.3. The minimum Gasteiger partial charge on any atom is -0.458 e. The molecule has 190 valence electrons. The molecule has 0 fully saturated rings. The molecular formula is C29H28N2O5S. The highest BCUT2D eigenvalue weighted by Crippen LogP contribution is 2.31. The molecule has 3 aromatic rings. The molecule has 0 saturated heterocycles. The summed E-state index contributed by atoms with van der Waals surface area (Å²) in [4.78, 5) is 43.2. The Kier molecular flexibility index (Phi) is 7.69. The standard InChI is InChI=1S/C29H28N2O5S/c1-6-15-35-28(34)25-18(4)30-29-31(26(25)22-11-13-23(14-12-22)36-19(5)32)27(33)24(37-29)16-20-7-9-21(10-8-20)17(2)3/h6-14,16-17,26H,1,15H2,2-5H3/b24-16-/t26-/m1/s1. The molecule has 2 aromatic carbocycles. The van der Waals surface area contributed by atoms with Crippen molar-refractivity contribution in [2.45, 2.75) is 39.7 Å². The van der Waals surface area contributed by atoms with Gasteiger partial charge in [-0.15, -0.1) is 0 Å². The Morgan fingerprint density at radius 3 is 2.41 bits per heavy atom. The highest BCUT2D eigenvalue weighted by atomic mass is 32.1. The molecular weight excluding hydrogens is 488 g/mol. The summed E-state index contributed by atoms with van der Waals surface area (Å²) in [6, 6.07) is 14.0. The molecule has 0 amide bonds. The van der Waals surface area contributed by atoms with Gasteiger partial charge in [-0.3, -0.25) is 14.2 Å². The lowest BCUT2D eigenvalue weighted by atomic mass is 9.96. The smallest absolute Gasteiger partial charge is 0.338 e. The van der Waals surface area contributed by atoms with Crippen LogP contribution in [0.4, 0.5) is 0 Å². The third-order valence-corrected chi connectivity index (χ3v) is 6.92. The average molecular weight is 517 g/mol. The third-order valence-electron chi connectivity index (χ3n) is 5.93. The number of aromatic nitrogens is 1. The number of thiazole rings is 1.